The summed E-state index contributed by atoms with van der Waals surface area (Å²) in [5.41, 5.74) is 0. The van der Waals surface area contributed by atoms with E-state index in [0.29, 0.717) is 6.61 Å². The van der Waals surface area contributed by atoms with Crippen molar-refractivity contribution in [3.63, 3.8) is 0 Å². The fourth-order valence-corrected chi connectivity index (χ4v) is 1.21. The van der Waals surface area contributed by atoms with Crippen LogP contribution in [-0.4, -0.2) is 19.4 Å². The van der Waals surface area contributed by atoms with E-state index >= 15 is 0 Å². The van der Waals surface area contributed by atoms with Crippen LogP contribution < -0.4 is 0 Å². The quantitative estimate of drug-likeness (QED) is 0.528. The fraction of sp³-hybridized carbons (Fsp3) is 1.00. The Morgan fingerprint density at radius 3 is 2.89 bits per heavy atom. The maximum absolute atomic E-state index is 12.7. The molecule has 0 radical (unpaired) electrons. The lowest BCUT2D eigenvalue weighted by Crippen LogP contribution is -2.28. The zero-order chi connectivity index (χ0) is 6.69. The van der Waals surface area contributed by atoms with Gasteiger partial charge in [-0.15, -0.1) is 0 Å². The molecule has 1 aliphatic rings. The number of halogens is 1. The molecule has 0 N–H and O–H groups in total. The standard InChI is InChI=1S/C7H13FO/c1-2-6-3-4-9-5-7(6)8/h6-7H,2-5H2,1H3/t6-,7+/m1/s1. The summed E-state index contributed by atoms with van der Waals surface area (Å²) in [5, 5.41) is 0. The predicted molar refractivity (Wildman–Crippen MR) is 34.1 cm³/mol. The second kappa shape index (κ2) is 3.16. The minimum absolute atomic E-state index is 0.263. The van der Waals surface area contributed by atoms with Crippen molar-refractivity contribution >= 4 is 0 Å². The average molecular weight is 132 g/mol. The van der Waals surface area contributed by atoms with Gasteiger partial charge in [0.25, 0.3) is 0 Å². The van der Waals surface area contributed by atoms with Gasteiger partial charge in [0.1, 0.15) is 6.17 Å². The zero-order valence-electron chi connectivity index (χ0n) is 5.77. The van der Waals surface area contributed by atoms with E-state index in [0.717, 1.165) is 19.4 Å². The van der Waals surface area contributed by atoms with Gasteiger partial charge in [-0.1, -0.05) is 13.3 Å². The Kier molecular flexibility index (Phi) is 2.46. The van der Waals surface area contributed by atoms with Crippen molar-refractivity contribution in [1.29, 1.82) is 0 Å². The van der Waals surface area contributed by atoms with Crippen LogP contribution in [0.2, 0.25) is 0 Å². The van der Waals surface area contributed by atoms with Crippen LogP contribution in [0.15, 0.2) is 0 Å². The first-order valence-corrected chi connectivity index (χ1v) is 3.56. The van der Waals surface area contributed by atoms with Gasteiger partial charge in [0, 0.05) is 6.61 Å². The summed E-state index contributed by atoms with van der Waals surface area (Å²) >= 11 is 0. The van der Waals surface area contributed by atoms with Crippen LogP contribution in [-0.2, 0) is 4.74 Å². The van der Waals surface area contributed by atoms with E-state index in [1.54, 1.807) is 0 Å². The highest BCUT2D eigenvalue weighted by molar-refractivity contribution is 4.70. The van der Waals surface area contributed by atoms with Crippen molar-refractivity contribution in [1.82, 2.24) is 0 Å². The van der Waals surface area contributed by atoms with Crippen LogP contribution in [0.5, 0.6) is 0 Å². The van der Waals surface area contributed by atoms with Crippen LogP contribution in [0.4, 0.5) is 4.39 Å². The lowest BCUT2D eigenvalue weighted by Gasteiger charge is -2.24. The number of ether oxygens (including phenoxy) is 1. The molecule has 1 rings (SSSR count). The molecule has 54 valence electrons. The molecule has 0 aromatic carbocycles. The SMILES string of the molecule is CC[C@@H]1CCOC[C@@H]1F. The lowest BCUT2D eigenvalue weighted by atomic mass is 9.96. The largest absolute Gasteiger partial charge is 0.378 e. The van der Waals surface area contributed by atoms with Crippen LogP contribution >= 0.6 is 0 Å². The Morgan fingerprint density at radius 1 is 1.67 bits per heavy atom. The molecule has 0 unspecified atom stereocenters. The molecule has 2 heteroatoms. The van der Waals surface area contributed by atoms with Crippen LogP contribution in [0.25, 0.3) is 0 Å². The van der Waals surface area contributed by atoms with Gasteiger partial charge in [0.2, 0.25) is 0 Å². The van der Waals surface area contributed by atoms with Crippen molar-refractivity contribution in [3.8, 4) is 0 Å². The van der Waals surface area contributed by atoms with E-state index in [4.69, 9.17) is 4.74 Å². The van der Waals surface area contributed by atoms with E-state index in [-0.39, 0.29) is 5.92 Å². The highest BCUT2D eigenvalue weighted by Crippen LogP contribution is 2.20. The summed E-state index contributed by atoms with van der Waals surface area (Å²) in [6.45, 7) is 3.10. The van der Waals surface area contributed by atoms with Gasteiger partial charge in [-0.25, -0.2) is 4.39 Å². The predicted octanol–water partition coefficient (Wildman–Crippen LogP) is 1.77. The monoisotopic (exact) mass is 132 g/mol. The maximum Gasteiger partial charge on any atom is 0.126 e. The number of rotatable bonds is 1. The van der Waals surface area contributed by atoms with Gasteiger partial charge in [0.05, 0.1) is 6.61 Å². The van der Waals surface area contributed by atoms with Gasteiger partial charge in [-0.2, -0.15) is 0 Å². The molecule has 2 atom stereocenters. The zero-order valence-corrected chi connectivity index (χ0v) is 5.77. The minimum atomic E-state index is -0.705. The summed E-state index contributed by atoms with van der Waals surface area (Å²) < 4.78 is 17.7. The number of hydrogen-bond acceptors (Lipinski definition) is 1. The minimum Gasteiger partial charge on any atom is -0.378 e. The third-order valence-electron chi connectivity index (χ3n) is 1.95. The Morgan fingerprint density at radius 2 is 2.44 bits per heavy atom. The Labute approximate surface area is 55.2 Å². The van der Waals surface area contributed by atoms with E-state index in [2.05, 4.69) is 0 Å². The molecule has 0 saturated carbocycles. The van der Waals surface area contributed by atoms with E-state index in [1.165, 1.54) is 0 Å². The van der Waals surface area contributed by atoms with Crippen molar-refractivity contribution in [2.45, 2.75) is 25.9 Å². The molecule has 0 aliphatic carbocycles. The molecular formula is C7H13FO. The molecule has 0 bridgehead atoms. The first kappa shape index (κ1) is 7.00. The average Bonchev–Trinajstić information content (AvgIpc) is 1.89. The molecule has 0 aromatic heterocycles. The van der Waals surface area contributed by atoms with Gasteiger partial charge in [0.15, 0.2) is 0 Å². The van der Waals surface area contributed by atoms with Crippen LogP contribution in [0.1, 0.15) is 19.8 Å². The van der Waals surface area contributed by atoms with Gasteiger partial charge in [-0.3, -0.25) is 0 Å². The number of alkyl halides is 1. The third kappa shape index (κ3) is 1.65. The molecule has 1 nitrogen and oxygen atoms in total. The number of hydrogen-bond donors (Lipinski definition) is 0. The summed E-state index contributed by atoms with van der Waals surface area (Å²) in [5.74, 6) is 0.263. The Bertz CT molecular complexity index is 85.0. The molecular weight excluding hydrogens is 119 g/mol. The molecule has 1 aliphatic heterocycles. The summed E-state index contributed by atoms with van der Waals surface area (Å²) in [6, 6.07) is 0. The molecule has 1 saturated heterocycles. The van der Waals surface area contributed by atoms with E-state index in [1.807, 2.05) is 6.92 Å². The van der Waals surface area contributed by atoms with E-state index < -0.39 is 6.17 Å². The molecule has 1 fully saturated rings. The molecule has 0 spiro atoms. The smallest absolute Gasteiger partial charge is 0.126 e. The van der Waals surface area contributed by atoms with Crippen molar-refractivity contribution in [2.24, 2.45) is 5.92 Å². The molecule has 1 heterocycles. The van der Waals surface area contributed by atoms with Gasteiger partial charge >= 0.3 is 0 Å². The van der Waals surface area contributed by atoms with Gasteiger partial charge in [-0.05, 0) is 12.3 Å². The normalized spacial score (nSPS) is 36.7. The third-order valence-corrected chi connectivity index (χ3v) is 1.95. The first-order valence-electron chi connectivity index (χ1n) is 3.56. The molecule has 9 heavy (non-hydrogen) atoms. The highest BCUT2D eigenvalue weighted by Gasteiger charge is 2.22. The summed E-state index contributed by atoms with van der Waals surface area (Å²) in [4.78, 5) is 0. The van der Waals surface area contributed by atoms with Crippen molar-refractivity contribution < 1.29 is 9.13 Å². The Balaban J connectivity index is 2.30. The van der Waals surface area contributed by atoms with Crippen molar-refractivity contribution in [3.05, 3.63) is 0 Å². The van der Waals surface area contributed by atoms with Crippen LogP contribution in [0, 0.1) is 5.92 Å². The molecule has 0 aromatic rings. The summed E-state index contributed by atoms with van der Waals surface area (Å²) in [7, 11) is 0. The van der Waals surface area contributed by atoms with E-state index in [9.17, 15) is 4.39 Å². The highest BCUT2D eigenvalue weighted by atomic mass is 19.1. The topological polar surface area (TPSA) is 9.23 Å². The maximum atomic E-state index is 12.7. The second-order valence-corrected chi connectivity index (χ2v) is 2.55. The first-order chi connectivity index (χ1) is 4.34. The lowest BCUT2D eigenvalue weighted by molar-refractivity contribution is -0.00242. The second-order valence-electron chi connectivity index (χ2n) is 2.55. The van der Waals surface area contributed by atoms with Crippen molar-refractivity contribution in [2.75, 3.05) is 13.2 Å². The Hall–Kier alpha value is -0.110. The van der Waals surface area contributed by atoms with Gasteiger partial charge < -0.3 is 4.74 Å². The van der Waals surface area contributed by atoms with Crippen LogP contribution in [0.3, 0.4) is 0 Å². The molecule has 0 amide bonds. The fourth-order valence-electron chi connectivity index (χ4n) is 1.21. The summed E-state index contributed by atoms with van der Waals surface area (Å²) in [6.07, 6.45) is 1.14.